The highest BCUT2D eigenvalue weighted by Crippen LogP contribution is 2.18. The zero-order valence-electron chi connectivity index (χ0n) is 11.7. The summed E-state index contributed by atoms with van der Waals surface area (Å²) in [7, 11) is -2.25. The van der Waals surface area contributed by atoms with Crippen LogP contribution >= 0.6 is 0 Å². The SMILES string of the molecule is CN(Cc1cccc(CN)c1)S(=O)(=O)c1cccc(F)c1. The van der Waals surface area contributed by atoms with E-state index in [-0.39, 0.29) is 11.4 Å². The fourth-order valence-electron chi connectivity index (χ4n) is 2.00. The second-order valence-corrected chi connectivity index (χ2v) is 6.79. The highest BCUT2D eigenvalue weighted by atomic mass is 32.2. The first kappa shape index (κ1) is 15.6. The summed E-state index contributed by atoms with van der Waals surface area (Å²) in [6.07, 6.45) is 0. The van der Waals surface area contributed by atoms with Crippen molar-refractivity contribution in [1.82, 2.24) is 4.31 Å². The van der Waals surface area contributed by atoms with E-state index in [2.05, 4.69) is 0 Å². The summed E-state index contributed by atoms with van der Waals surface area (Å²) in [5, 5.41) is 0. The number of nitrogens with two attached hydrogens (primary N) is 1. The maximum Gasteiger partial charge on any atom is 0.243 e. The molecule has 6 heteroatoms. The predicted molar refractivity (Wildman–Crippen MR) is 79.4 cm³/mol. The average molecular weight is 308 g/mol. The summed E-state index contributed by atoms with van der Waals surface area (Å²) >= 11 is 0. The maximum atomic E-state index is 13.2. The quantitative estimate of drug-likeness (QED) is 0.920. The van der Waals surface area contributed by atoms with E-state index in [0.717, 1.165) is 17.2 Å². The first-order valence-electron chi connectivity index (χ1n) is 6.43. The minimum atomic E-state index is -3.72. The molecule has 2 rings (SSSR count). The minimum absolute atomic E-state index is 0.0556. The van der Waals surface area contributed by atoms with Crippen LogP contribution in [0.5, 0.6) is 0 Å². The van der Waals surface area contributed by atoms with Crippen molar-refractivity contribution in [2.45, 2.75) is 18.0 Å². The van der Waals surface area contributed by atoms with Crippen LogP contribution in [0.15, 0.2) is 53.4 Å². The second-order valence-electron chi connectivity index (χ2n) is 4.74. The Morgan fingerprint density at radius 2 is 1.76 bits per heavy atom. The van der Waals surface area contributed by atoms with Gasteiger partial charge in [0, 0.05) is 20.1 Å². The smallest absolute Gasteiger partial charge is 0.243 e. The van der Waals surface area contributed by atoms with Gasteiger partial charge in [0.2, 0.25) is 10.0 Å². The molecule has 2 N–H and O–H groups in total. The van der Waals surface area contributed by atoms with E-state index < -0.39 is 15.8 Å². The molecule has 0 aliphatic carbocycles. The molecule has 0 fully saturated rings. The number of rotatable bonds is 5. The van der Waals surface area contributed by atoms with Crippen LogP contribution in [-0.2, 0) is 23.1 Å². The predicted octanol–water partition coefficient (Wildman–Crippen LogP) is 2.11. The summed E-state index contributed by atoms with van der Waals surface area (Å²) in [6.45, 7) is 0.598. The third-order valence-corrected chi connectivity index (χ3v) is 4.94. The van der Waals surface area contributed by atoms with Gasteiger partial charge in [-0.15, -0.1) is 0 Å². The summed E-state index contributed by atoms with van der Waals surface area (Å²) < 4.78 is 39.1. The molecule has 0 unspecified atom stereocenters. The Kier molecular flexibility index (Phi) is 4.72. The first-order valence-corrected chi connectivity index (χ1v) is 7.87. The minimum Gasteiger partial charge on any atom is -0.326 e. The van der Waals surface area contributed by atoms with Gasteiger partial charge in [-0.25, -0.2) is 12.8 Å². The molecular weight excluding hydrogens is 291 g/mol. The van der Waals surface area contributed by atoms with E-state index in [4.69, 9.17) is 5.73 Å². The second kappa shape index (κ2) is 6.34. The van der Waals surface area contributed by atoms with Crippen molar-refractivity contribution in [2.24, 2.45) is 5.73 Å². The molecule has 0 spiro atoms. The molecule has 0 radical (unpaired) electrons. The van der Waals surface area contributed by atoms with Crippen LogP contribution in [0, 0.1) is 5.82 Å². The Balaban J connectivity index is 2.24. The number of hydrogen-bond acceptors (Lipinski definition) is 3. The van der Waals surface area contributed by atoms with E-state index in [1.54, 1.807) is 0 Å². The Morgan fingerprint density at radius 1 is 1.10 bits per heavy atom. The lowest BCUT2D eigenvalue weighted by Gasteiger charge is -2.17. The van der Waals surface area contributed by atoms with Crippen molar-refractivity contribution in [3.05, 3.63) is 65.5 Å². The molecule has 0 heterocycles. The lowest BCUT2D eigenvalue weighted by atomic mass is 10.1. The van der Waals surface area contributed by atoms with Crippen LogP contribution in [0.3, 0.4) is 0 Å². The van der Waals surface area contributed by atoms with Gasteiger partial charge in [-0.1, -0.05) is 30.3 Å². The molecule has 0 atom stereocenters. The van der Waals surface area contributed by atoms with Crippen molar-refractivity contribution in [3.63, 3.8) is 0 Å². The summed E-state index contributed by atoms with van der Waals surface area (Å²) in [5.74, 6) is -0.574. The molecule has 2 aromatic carbocycles. The van der Waals surface area contributed by atoms with Crippen molar-refractivity contribution in [2.75, 3.05) is 7.05 Å². The van der Waals surface area contributed by atoms with E-state index in [0.29, 0.717) is 6.54 Å². The number of nitrogens with zero attached hydrogens (tertiary/aromatic N) is 1. The number of hydrogen-bond donors (Lipinski definition) is 1. The molecule has 4 nitrogen and oxygen atoms in total. The van der Waals surface area contributed by atoms with Crippen molar-refractivity contribution < 1.29 is 12.8 Å². The van der Waals surface area contributed by atoms with E-state index >= 15 is 0 Å². The third-order valence-electron chi connectivity index (χ3n) is 3.14. The summed E-state index contributed by atoms with van der Waals surface area (Å²) in [6, 6.07) is 12.4. The van der Waals surface area contributed by atoms with Gasteiger partial charge in [0.25, 0.3) is 0 Å². The van der Waals surface area contributed by atoms with Gasteiger partial charge in [-0.2, -0.15) is 4.31 Å². The van der Waals surface area contributed by atoms with Crippen LogP contribution in [0.25, 0.3) is 0 Å². The molecule has 0 saturated carbocycles. The Labute approximate surface area is 124 Å². The molecule has 112 valence electrons. The summed E-state index contributed by atoms with van der Waals surface area (Å²) in [4.78, 5) is -0.0556. The van der Waals surface area contributed by atoms with E-state index in [1.165, 1.54) is 29.6 Å². The first-order chi connectivity index (χ1) is 9.93. The van der Waals surface area contributed by atoms with Gasteiger partial charge in [0.05, 0.1) is 4.90 Å². The van der Waals surface area contributed by atoms with Gasteiger partial charge < -0.3 is 5.73 Å². The molecular formula is C15H17FN2O2S. The fourth-order valence-corrected chi connectivity index (χ4v) is 3.20. The largest absolute Gasteiger partial charge is 0.326 e. The number of halogens is 1. The number of benzene rings is 2. The average Bonchev–Trinajstić information content (AvgIpc) is 2.47. The summed E-state index contributed by atoms with van der Waals surface area (Å²) in [5.41, 5.74) is 7.34. The van der Waals surface area contributed by atoms with Crippen LogP contribution < -0.4 is 5.73 Å². The van der Waals surface area contributed by atoms with Crippen molar-refractivity contribution in [1.29, 1.82) is 0 Å². The van der Waals surface area contributed by atoms with Gasteiger partial charge in [0.1, 0.15) is 5.82 Å². The highest BCUT2D eigenvalue weighted by molar-refractivity contribution is 7.89. The van der Waals surface area contributed by atoms with Crippen molar-refractivity contribution >= 4 is 10.0 Å². The normalized spacial score (nSPS) is 11.8. The standard InChI is InChI=1S/C15H17FN2O2S/c1-18(11-13-5-2-4-12(8-13)10-17)21(19,20)15-7-3-6-14(16)9-15/h2-9H,10-11,17H2,1H3. The van der Waals surface area contributed by atoms with E-state index in [9.17, 15) is 12.8 Å². The highest BCUT2D eigenvalue weighted by Gasteiger charge is 2.21. The molecule has 0 bridgehead atoms. The fraction of sp³-hybridized carbons (Fsp3) is 0.200. The molecule has 2 aromatic rings. The van der Waals surface area contributed by atoms with Gasteiger partial charge in [0.15, 0.2) is 0 Å². The molecule has 0 aliphatic rings. The molecule has 0 aliphatic heterocycles. The zero-order valence-corrected chi connectivity index (χ0v) is 12.5. The Bertz CT molecular complexity index is 732. The van der Waals surface area contributed by atoms with Crippen LogP contribution in [0.4, 0.5) is 4.39 Å². The number of sulfonamides is 1. The lowest BCUT2D eigenvalue weighted by molar-refractivity contribution is 0.466. The molecule has 0 aromatic heterocycles. The van der Waals surface area contributed by atoms with Crippen LogP contribution in [-0.4, -0.2) is 19.8 Å². The van der Waals surface area contributed by atoms with Gasteiger partial charge in [-0.3, -0.25) is 0 Å². The molecule has 21 heavy (non-hydrogen) atoms. The lowest BCUT2D eigenvalue weighted by Crippen LogP contribution is -2.26. The molecule has 0 amide bonds. The monoisotopic (exact) mass is 308 g/mol. The van der Waals surface area contributed by atoms with Crippen LogP contribution in [0.2, 0.25) is 0 Å². The van der Waals surface area contributed by atoms with Crippen molar-refractivity contribution in [3.8, 4) is 0 Å². The topological polar surface area (TPSA) is 63.4 Å². The Hall–Kier alpha value is -1.76. The van der Waals surface area contributed by atoms with Gasteiger partial charge >= 0.3 is 0 Å². The van der Waals surface area contributed by atoms with Crippen LogP contribution in [0.1, 0.15) is 11.1 Å². The van der Waals surface area contributed by atoms with Gasteiger partial charge in [-0.05, 0) is 29.3 Å². The molecule has 0 saturated heterocycles. The third kappa shape index (κ3) is 3.66. The van der Waals surface area contributed by atoms with E-state index in [1.807, 2.05) is 24.3 Å². The maximum absolute atomic E-state index is 13.2. The zero-order chi connectivity index (χ0) is 15.5. The Morgan fingerprint density at radius 3 is 2.43 bits per heavy atom.